The smallest absolute Gasteiger partial charge is 0.192 e. The summed E-state index contributed by atoms with van der Waals surface area (Å²) in [6.07, 6.45) is 16.8. The van der Waals surface area contributed by atoms with E-state index in [1.807, 2.05) is 36.4 Å². The number of hydrogen-bond acceptors (Lipinski definition) is 6. The molecule has 2 N–H and O–H groups in total. The summed E-state index contributed by atoms with van der Waals surface area (Å²) in [5, 5.41) is 0. The fourth-order valence-electron chi connectivity index (χ4n) is 13.2. The van der Waals surface area contributed by atoms with Crippen LogP contribution >= 0.6 is 36.1 Å². The van der Waals surface area contributed by atoms with Crippen LogP contribution < -0.4 is 0 Å². The maximum Gasteiger partial charge on any atom is 0.192 e. The molecule has 4 saturated carbocycles. The van der Waals surface area contributed by atoms with Gasteiger partial charge in [-0.15, -0.1) is 0 Å². The summed E-state index contributed by atoms with van der Waals surface area (Å²) in [6, 6.07) is 25.8. The maximum atomic E-state index is 13.0. The highest BCUT2D eigenvalue weighted by Gasteiger charge is 2.55. The summed E-state index contributed by atoms with van der Waals surface area (Å²) >= 11 is 2.59. The predicted octanol–water partition coefficient (Wildman–Crippen LogP) is 16.2. The molecule has 64 heavy (non-hydrogen) atoms. The Hall–Kier alpha value is -0.226. The van der Waals surface area contributed by atoms with Crippen LogP contribution in [0.5, 0.6) is 0 Å². The highest BCUT2D eigenvalue weighted by atomic mass is 127. The van der Waals surface area contributed by atoms with Crippen LogP contribution in [0.4, 0.5) is 0 Å². The Balaban J connectivity index is 0.000000286. The molecule has 12 atom stereocenters. The summed E-state index contributed by atoms with van der Waals surface area (Å²) in [5.74, 6) is 4.98. The van der Waals surface area contributed by atoms with Gasteiger partial charge in [0, 0.05) is 38.4 Å². The van der Waals surface area contributed by atoms with Gasteiger partial charge >= 0.3 is 0 Å². The van der Waals surface area contributed by atoms with Crippen LogP contribution in [0.1, 0.15) is 140 Å². The van der Waals surface area contributed by atoms with Crippen molar-refractivity contribution in [3.05, 3.63) is 60.7 Å². The van der Waals surface area contributed by atoms with Gasteiger partial charge in [0.15, 0.2) is 16.6 Å². The van der Waals surface area contributed by atoms with Gasteiger partial charge in [0.05, 0.1) is 19.5 Å². The van der Waals surface area contributed by atoms with Gasteiger partial charge in [-0.05, 0) is 165 Å². The average Bonchev–Trinajstić information content (AvgIpc) is 3.85. The fourth-order valence-corrected chi connectivity index (χ4v) is 21.9. The standard InChI is InChI=1S/C26H45NO2SSi.C19H37IOSi.C7H9NOS.H2S/c1-6-31(7-2,8-3)29-25-15-12-19-26(5)23(16-17-24(25)26)21(4)18-20-30(27,28)22-13-10-9-11-14-22;1-6-22(7-2,8-3)21-18-10-9-13-19(5)16(15(4)14-20)11-12-17(18)19;1-10(8,9)7-5-3-2-4-6-7;/h9-11,13-14,21,23-25,27H,6-8,12,15-20H2,1-5H3;15-18H,6-14H2,1-5H3;2-6,8H,1H3;1H2/t21-,23-,24+,25+,26-,30+;15-,16-,17+,18+,19-;10-;/m110./s1. The number of hydrogen-bond donors (Lipinski definition) is 2. The molecule has 0 aromatic heterocycles. The molecular weight excluding hydrogens is 996 g/mol. The fraction of sp³-hybridized carbons (Fsp3) is 0.769. The van der Waals surface area contributed by atoms with Gasteiger partial charge in [0.1, 0.15) is 0 Å². The van der Waals surface area contributed by atoms with Crippen molar-refractivity contribution in [2.24, 2.45) is 46.3 Å². The molecule has 0 heterocycles. The highest BCUT2D eigenvalue weighted by molar-refractivity contribution is 14.1. The first-order chi connectivity index (χ1) is 29.8. The molecule has 2 aromatic carbocycles. The van der Waals surface area contributed by atoms with Gasteiger partial charge in [-0.2, -0.15) is 13.5 Å². The Morgan fingerprint density at radius 2 is 1.02 bits per heavy atom. The summed E-state index contributed by atoms with van der Waals surface area (Å²) in [6.45, 7) is 24.1. The molecule has 4 fully saturated rings. The molecule has 0 unspecified atom stereocenters. The summed E-state index contributed by atoms with van der Waals surface area (Å²) in [5.41, 5.74) is 0.899. The van der Waals surface area contributed by atoms with Crippen molar-refractivity contribution < 1.29 is 17.3 Å². The van der Waals surface area contributed by atoms with Crippen LogP contribution in [0.25, 0.3) is 0 Å². The van der Waals surface area contributed by atoms with Gasteiger partial charge in [0.25, 0.3) is 0 Å². The van der Waals surface area contributed by atoms with Gasteiger partial charge in [-0.1, -0.05) is 141 Å². The summed E-state index contributed by atoms with van der Waals surface area (Å²) in [4.78, 5) is 1.28. The lowest BCUT2D eigenvalue weighted by atomic mass is 9.61. The molecule has 0 spiro atoms. The Morgan fingerprint density at radius 3 is 1.36 bits per heavy atom. The zero-order chi connectivity index (χ0) is 46.7. The SMILES string of the molecule is CC[Si](CC)(CC)O[C@H]1CCC[C@]2(C)[C@@H]([C@H](C)CC[S@](=N)(=O)c3ccccc3)CC[C@@H]12.CC[Si](CC)(CC)O[C@H]1CCC[C@]2(C)[C@@H]([C@H](C)CI)CC[C@@H]12.C[S@](=N)(=O)c1ccccc1.S. The molecular formula is C52H93IN2O4S3Si2. The molecule has 12 heteroatoms. The second-order valence-electron chi connectivity index (χ2n) is 20.9. The average molecular weight is 1090 g/mol. The van der Waals surface area contributed by atoms with Crippen molar-refractivity contribution >= 4 is 72.2 Å². The highest BCUT2D eigenvalue weighted by Crippen LogP contribution is 2.60. The number of fused-ring (bicyclic) bond motifs is 2. The normalized spacial score (nSPS) is 30.6. The van der Waals surface area contributed by atoms with E-state index in [1.54, 1.807) is 24.3 Å². The van der Waals surface area contributed by atoms with Crippen molar-refractivity contribution in [1.29, 1.82) is 9.56 Å². The largest absolute Gasteiger partial charge is 0.414 e. The van der Waals surface area contributed by atoms with Gasteiger partial charge in [-0.3, -0.25) is 0 Å². The third kappa shape index (κ3) is 14.0. The van der Waals surface area contributed by atoms with Gasteiger partial charge in [0.2, 0.25) is 0 Å². The van der Waals surface area contributed by atoms with Crippen LogP contribution in [0.15, 0.2) is 70.5 Å². The van der Waals surface area contributed by atoms with E-state index in [1.165, 1.54) is 111 Å². The summed E-state index contributed by atoms with van der Waals surface area (Å²) in [7, 11) is -8.24. The molecule has 6 nitrogen and oxygen atoms in total. The van der Waals surface area contributed by atoms with Gasteiger partial charge < -0.3 is 8.85 Å². The molecule has 0 amide bonds. The molecule has 0 saturated heterocycles. The minimum atomic E-state index is -2.70. The van der Waals surface area contributed by atoms with Crippen molar-refractivity contribution in [2.45, 2.75) is 198 Å². The number of halogens is 1. The van der Waals surface area contributed by atoms with E-state index in [2.05, 4.69) is 91.8 Å². The first-order valence-electron chi connectivity index (χ1n) is 25.3. The van der Waals surface area contributed by atoms with Crippen molar-refractivity contribution in [1.82, 2.24) is 0 Å². The monoisotopic (exact) mass is 1090 g/mol. The Labute approximate surface area is 417 Å². The lowest BCUT2D eigenvalue weighted by molar-refractivity contribution is -0.0196. The lowest BCUT2D eigenvalue weighted by Gasteiger charge is -2.49. The topological polar surface area (TPSA) is 100 Å². The van der Waals surface area contributed by atoms with Crippen LogP contribution in [-0.2, 0) is 28.3 Å². The number of nitrogens with one attached hydrogen (secondary N) is 2. The quantitative estimate of drug-likeness (QED) is 0.0882. The van der Waals surface area contributed by atoms with E-state index in [9.17, 15) is 8.42 Å². The van der Waals surface area contributed by atoms with Crippen molar-refractivity contribution in [2.75, 3.05) is 16.4 Å². The van der Waals surface area contributed by atoms with Crippen molar-refractivity contribution in [3.8, 4) is 0 Å². The molecule has 0 bridgehead atoms. The molecule has 6 rings (SSSR count). The second kappa shape index (κ2) is 25.6. The maximum absolute atomic E-state index is 13.0. The molecule has 4 aliphatic rings. The second-order valence-corrected chi connectivity index (χ2v) is 35.6. The Morgan fingerprint density at radius 1 is 0.641 bits per heavy atom. The van der Waals surface area contributed by atoms with Crippen LogP contribution in [0.2, 0.25) is 36.3 Å². The Bertz CT molecular complexity index is 1870. The van der Waals surface area contributed by atoms with Gasteiger partial charge in [-0.25, -0.2) is 18.0 Å². The van der Waals surface area contributed by atoms with E-state index < -0.39 is 36.1 Å². The zero-order valence-corrected chi connectivity index (χ0v) is 48.9. The first-order valence-corrected chi connectivity index (χ1v) is 35.6. The van der Waals surface area contributed by atoms with Crippen LogP contribution in [-0.4, -0.2) is 53.7 Å². The van der Waals surface area contributed by atoms with Crippen LogP contribution in [0, 0.1) is 55.9 Å². The van der Waals surface area contributed by atoms with Crippen molar-refractivity contribution in [3.63, 3.8) is 0 Å². The first kappa shape index (κ1) is 58.1. The molecule has 2 aromatic rings. The van der Waals surface area contributed by atoms with E-state index in [-0.39, 0.29) is 13.5 Å². The van der Waals surface area contributed by atoms with E-state index in [4.69, 9.17) is 18.4 Å². The molecule has 4 aliphatic carbocycles. The Kier molecular flexibility index (Phi) is 23.2. The minimum Gasteiger partial charge on any atom is -0.414 e. The van der Waals surface area contributed by atoms with E-state index in [0.29, 0.717) is 56.3 Å². The minimum absolute atomic E-state index is 0. The number of rotatable bonds is 18. The third-order valence-corrected chi connectivity index (χ3v) is 31.5. The van der Waals surface area contributed by atoms with Crippen LogP contribution in [0.3, 0.4) is 0 Å². The molecule has 0 aliphatic heterocycles. The van der Waals surface area contributed by atoms with E-state index in [0.717, 1.165) is 24.2 Å². The third-order valence-electron chi connectivity index (χ3n) is 17.7. The molecule has 0 radical (unpaired) electrons. The zero-order valence-electron chi connectivity index (χ0n) is 42.2. The molecule has 368 valence electrons. The summed E-state index contributed by atoms with van der Waals surface area (Å²) < 4.78 is 55.1. The number of benzene rings is 2. The van der Waals surface area contributed by atoms with E-state index >= 15 is 0 Å². The predicted molar refractivity (Wildman–Crippen MR) is 295 cm³/mol. The lowest BCUT2D eigenvalue weighted by Crippen LogP contribution is -2.48. The number of alkyl halides is 1.